The number of rotatable bonds is 43. The van der Waals surface area contributed by atoms with Crippen LogP contribution in [0.25, 0.3) is 0 Å². The minimum absolute atomic E-state index is 0.0471. The van der Waals surface area contributed by atoms with Crippen molar-refractivity contribution in [1.82, 2.24) is 5.32 Å². The molecule has 0 fully saturated rings. The maximum absolute atomic E-state index is 13.1. The van der Waals surface area contributed by atoms with Gasteiger partial charge in [0, 0.05) is 6.42 Å². The van der Waals surface area contributed by atoms with Crippen LogP contribution in [0.5, 0.6) is 0 Å². The van der Waals surface area contributed by atoms with E-state index >= 15 is 0 Å². The second-order valence-electron chi connectivity index (χ2n) is 16.5. The highest BCUT2D eigenvalue weighted by Crippen LogP contribution is 2.17. The van der Waals surface area contributed by atoms with Crippen LogP contribution in [0.4, 0.5) is 0 Å². The van der Waals surface area contributed by atoms with Gasteiger partial charge in [-0.3, -0.25) is 9.59 Å². The Labute approximate surface area is 358 Å². The molecule has 58 heavy (non-hydrogen) atoms. The van der Waals surface area contributed by atoms with E-state index in [1.54, 1.807) is 0 Å². The average molecular weight is 812 g/mol. The van der Waals surface area contributed by atoms with Gasteiger partial charge < -0.3 is 20.3 Å². The maximum Gasteiger partial charge on any atom is 0.306 e. The Morgan fingerprint density at radius 2 is 0.897 bits per heavy atom. The second-order valence-corrected chi connectivity index (χ2v) is 16.5. The number of carbonyl (C=O) groups excluding carboxylic acids is 2. The fourth-order valence-corrected chi connectivity index (χ4v) is 7.19. The van der Waals surface area contributed by atoms with Crippen molar-refractivity contribution in [3.63, 3.8) is 0 Å². The van der Waals surface area contributed by atoms with E-state index < -0.39 is 18.2 Å². The van der Waals surface area contributed by atoms with Gasteiger partial charge >= 0.3 is 5.97 Å². The first kappa shape index (κ1) is 55.6. The molecule has 3 unspecified atom stereocenters. The zero-order valence-corrected chi connectivity index (χ0v) is 38.2. The number of aliphatic hydroxyl groups is 2. The molecule has 0 aliphatic carbocycles. The standard InChI is InChI=1S/C52H93NO5/c1-4-7-10-13-16-18-20-22-24-26-28-30-32-35-38-41-44-50(55)49(47-54)53-51(56)46-48(43-40-37-34-15-12-9-6-3)58-52(57)45-42-39-36-33-31-29-27-25-23-21-19-17-14-11-8-5-2/h8,11,17,19,23,25,29,31,36,39,48-50,54-55H,4-7,9-10,12-16,18,20-22,24,26-28,30,32-35,37-38,40-47H2,1-3H3,(H,53,56)/b11-8+,19-17+,25-23+,31-29+,39-36+. The first-order valence-electron chi connectivity index (χ1n) is 24.5. The lowest BCUT2D eigenvalue weighted by atomic mass is 10.0. The molecule has 0 saturated carbocycles. The summed E-state index contributed by atoms with van der Waals surface area (Å²) >= 11 is 0. The molecular formula is C52H93NO5. The molecule has 6 heteroatoms. The van der Waals surface area contributed by atoms with Gasteiger partial charge in [0.2, 0.25) is 5.91 Å². The van der Waals surface area contributed by atoms with Crippen molar-refractivity contribution in [3.05, 3.63) is 60.8 Å². The summed E-state index contributed by atoms with van der Waals surface area (Å²) in [6.07, 6.45) is 55.9. The van der Waals surface area contributed by atoms with E-state index in [0.29, 0.717) is 19.3 Å². The van der Waals surface area contributed by atoms with Crippen LogP contribution < -0.4 is 5.32 Å². The molecule has 0 heterocycles. The highest BCUT2D eigenvalue weighted by atomic mass is 16.5. The third-order valence-corrected chi connectivity index (χ3v) is 10.9. The maximum atomic E-state index is 13.1. The van der Waals surface area contributed by atoms with Crippen molar-refractivity contribution in [3.8, 4) is 0 Å². The van der Waals surface area contributed by atoms with Crippen LogP contribution in [-0.4, -0.2) is 46.9 Å². The quantitative estimate of drug-likeness (QED) is 0.0324. The van der Waals surface area contributed by atoms with Crippen LogP contribution in [0.15, 0.2) is 60.8 Å². The first-order chi connectivity index (χ1) is 28.5. The molecule has 0 radical (unpaired) electrons. The van der Waals surface area contributed by atoms with Gasteiger partial charge in [0.15, 0.2) is 0 Å². The van der Waals surface area contributed by atoms with Crippen LogP contribution in [0, 0.1) is 0 Å². The SMILES string of the molecule is CC/C=C/C/C=C/C/C=C/C/C=C/C/C=C/CCC(=O)OC(CCCCCCCCC)CC(=O)NC(CO)C(O)CCCCCCCCCCCCCCCCCC. The number of carbonyl (C=O) groups is 2. The van der Waals surface area contributed by atoms with Crippen molar-refractivity contribution < 1.29 is 24.5 Å². The van der Waals surface area contributed by atoms with Gasteiger partial charge in [-0.25, -0.2) is 0 Å². The average Bonchev–Trinajstić information content (AvgIpc) is 3.21. The van der Waals surface area contributed by atoms with Gasteiger partial charge in [0.05, 0.1) is 25.2 Å². The summed E-state index contributed by atoms with van der Waals surface area (Å²) in [5.41, 5.74) is 0. The zero-order valence-electron chi connectivity index (χ0n) is 38.2. The number of esters is 1. The fourth-order valence-electron chi connectivity index (χ4n) is 7.19. The summed E-state index contributed by atoms with van der Waals surface area (Å²) < 4.78 is 5.84. The molecule has 0 rings (SSSR count). The number of nitrogens with one attached hydrogen (secondary N) is 1. The minimum atomic E-state index is -0.798. The lowest BCUT2D eigenvalue weighted by Crippen LogP contribution is -2.46. The van der Waals surface area contributed by atoms with Crippen molar-refractivity contribution in [2.45, 2.75) is 251 Å². The largest absolute Gasteiger partial charge is 0.462 e. The summed E-state index contributed by atoms with van der Waals surface area (Å²) in [7, 11) is 0. The summed E-state index contributed by atoms with van der Waals surface area (Å²) in [6.45, 7) is 6.32. The van der Waals surface area contributed by atoms with Crippen LogP contribution in [0.3, 0.4) is 0 Å². The molecule has 0 aromatic carbocycles. The molecule has 0 aromatic rings. The van der Waals surface area contributed by atoms with Crippen LogP contribution in [-0.2, 0) is 14.3 Å². The molecule has 0 aromatic heterocycles. The molecule has 0 saturated heterocycles. The van der Waals surface area contributed by atoms with Crippen molar-refractivity contribution >= 4 is 11.9 Å². The highest BCUT2D eigenvalue weighted by molar-refractivity contribution is 5.77. The lowest BCUT2D eigenvalue weighted by molar-refractivity contribution is -0.150. The highest BCUT2D eigenvalue weighted by Gasteiger charge is 2.24. The molecule has 3 N–H and O–H groups in total. The second kappa shape index (κ2) is 45.6. The van der Waals surface area contributed by atoms with Gasteiger partial charge in [-0.15, -0.1) is 0 Å². The number of allylic oxidation sites excluding steroid dienone is 10. The van der Waals surface area contributed by atoms with E-state index in [1.807, 2.05) is 6.08 Å². The number of ether oxygens (including phenoxy) is 1. The molecule has 0 aliphatic rings. The fraction of sp³-hybridized carbons (Fsp3) is 0.769. The third-order valence-electron chi connectivity index (χ3n) is 10.9. The normalized spacial score (nSPS) is 13.8. The molecule has 0 aliphatic heterocycles. The van der Waals surface area contributed by atoms with Gasteiger partial charge in [-0.05, 0) is 57.8 Å². The molecule has 3 atom stereocenters. The van der Waals surface area contributed by atoms with Crippen molar-refractivity contribution in [1.29, 1.82) is 0 Å². The molecule has 1 amide bonds. The van der Waals surface area contributed by atoms with Crippen LogP contribution in [0.2, 0.25) is 0 Å². The predicted octanol–water partition coefficient (Wildman–Crippen LogP) is 14.5. The first-order valence-corrected chi connectivity index (χ1v) is 24.5. The number of amides is 1. The molecule has 6 nitrogen and oxygen atoms in total. The van der Waals surface area contributed by atoms with Crippen LogP contribution in [0.1, 0.15) is 233 Å². The minimum Gasteiger partial charge on any atom is -0.462 e. The summed E-state index contributed by atoms with van der Waals surface area (Å²) in [5.74, 6) is -0.576. The van der Waals surface area contributed by atoms with Crippen molar-refractivity contribution in [2.24, 2.45) is 0 Å². The molecule has 336 valence electrons. The van der Waals surface area contributed by atoms with E-state index in [-0.39, 0.29) is 31.3 Å². The third kappa shape index (κ3) is 40.3. The number of aliphatic hydroxyl groups excluding tert-OH is 2. The number of hydrogen-bond acceptors (Lipinski definition) is 5. The lowest BCUT2D eigenvalue weighted by Gasteiger charge is -2.24. The Hall–Kier alpha value is -2.44. The van der Waals surface area contributed by atoms with Crippen molar-refractivity contribution in [2.75, 3.05) is 6.61 Å². The van der Waals surface area contributed by atoms with E-state index in [9.17, 15) is 19.8 Å². The summed E-state index contributed by atoms with van der Waals surface area (Å²) in [6, 6.07) is -0.714. The Morgan fingerprint density at radius 1 is 0.517 bits per heavy atom. The Morgan fingerprint density at radius 3 is 1.31 bits per heavy atom. The Balaban J connectivity index is 4.47. The number of unbranched alkanes of at least 4 members (excludes halogenated alkanes) is 21. The van der Waals surface area contributed by atoms with Gasteiger partial charge in [-0.1, -0.05) is 223 Å². The molecule has 0 spiro atoms. The van der Waals surface area contributed by atoms with E-state index in [4.69, 9.17) is 4.74 Å². The smallest absolute Gasteiger partial charge is 0.306 e. The topological polar surface area (TPSA) is 95.9 Å². The van der Waals surface area contributed by atoms with E-state index in [2.05, 4.69) is 80.8 Å². The monoisotopic (exact) mass is 812 g/mol. The Bertz CT molecular complexity index is 1050. The van der Waals surface area contributed by atoms with Gasteiger partial charge in [-0.2, -0.15) is 0 Å². The zero-order chi connectivity index (χ0) is 42.4. The number of hydrogen-bond donors (Lipinski definition) is 3. The summed E-state index contributed by atoms with van der Waals surface area (Å²) in [4.78, 5) is 25.9. The Kier molecular flexibility index (Phi) is 43.7. The van der Waals surface area contributed by atoms with Gasteiger partial charge in [0.25, 0.3) is 0 Å². The molecular weight excluding hydrogens is 719 g/mol. The van der Waals surface area contributed by atoms with Gasteiger partial charge in [0.1, 0.15) is 6.10 Å². The van der Waals surface area contributed by atoms with Crippen LogP contribution >= 0.6 is 0 Å². The van der Waals surface area contributed by atoms with E-state index in [1.165, 1.54) is 109 Å². The van der Waals surface area contributed by atoms with E-state index in [0.717, 1.165) is 70.6 Å². The predicted molar refractivity (Wildman–Crippen MR) is 250 cm³/mol. The summed E-state index contributed by atoms with van der Waals surface area (Å²) in [5, 5.41) is 23.7. The molecule has 0 bridgehead atoms.